The van der Waals surface area contributed by atoms with Crippen LogP contribution in [0.3, 0.4) is 0 Å². The van der Waals surface area contributed by atoms with Crippen molar-refractivity contribution in [2.24, 2.45) is 0 Å². The molecule has 2 aromatic carbocycles. The monoisotopic (exact) mass is 466 g/mol. The van der Waals surface area contributed by atoms with E-state index in [0.29, 0.717) is 34.8 Å². The summed E-state index contributed by atoms with van der Waals surface area (Å²) in [7, 11) is 0. The van der Waals surface area contributed by atoms with Crippen molar-refractivity contribution in [1.29, 1.82) is 0 Å². The van der Waals surface area contributed by atoms with Gasteiger partial charge in [-0.2, -0.15) is 0 Å². The lowest BCUT2D eigenvalue weighted by molar-refractivity contribution is -0.121. The van der Waals surface area contributed by atoms with Crippen molar-refractivity contribution in [3.8, 4) is 0 Å². The molecule has 33 heavy (non-hydrogen) atoms. The number of carbonyl (C=O) groups excluding carboxylic acids is 1. The first-order valence-electron chi connectivity index (χ1n) is 10.5. The molecule has 0 spiro atoms. The minimum absolute atomic E-state index is 0.218. The van der Waals surface area contributed by atoms with Crippen molar-refractivity contribution >= 4 is 28.5 Å². The van der Waals surface area contributed by atoms with Crippen LogP contribution in [0, 0.1) is 13.8 Å². The van der Waals surface area contributed by atoms with Crippen molar-refractivity contribution in [3.05, 3.63) is 96.8 Å². The van der Waals surface area contributed by atoms with Gasteiger partial charge in [-0.25, -0.2) is 0 Å². The lowest BCUT2D eigenvalue weighted by Gasteiger charge is -2.15. The Labute approximate surface area is 194 Å². The molecule has 4 rings (SSSR count). The van der Waals surface area contributed by atoms with Gasteiger partial charge in [-0.3, -0.25) is 23.5 Å². The highest BCUT2D eigenvalue weighted by molar-refractivity contribution is 6.30. The highest BCUT2D eigenvalue weighted by atomic mass is 35.5. The molecule has 0 aliphatic heterocycles. The molecule has 0 saturated heterocycles. The topological polar surface area (TPSA) is 99.1 Å². The van der Waals surface area contributed by atoms with Crippen LogP contribution in [0.4, 0.5) is 0 Å². The number of aryl methyl sites for hydroxylation is 2. The number of rotatable bonds is 7. The maximum absolute atomic E-state index is 13.0. The number of benzene rings is 2. The van der Waals surface area contributed by atoms with Gasteiger partial charge in [0.1, 0.15) is 12.3 Å². The molecule has 0 bridgehead atoms. The third kappa shape index (κ3) is 4.75. The number of hydrogen-bond donors (Lipinski definition) is 1. The highest BCUT2D eigenvalue weighted by Gasteiger charge is 2.16. The van der Waals surface area contributed by atoms with Gasteiger partial charge in [0.2, 0.25) is 5.91 Å². The number of para-hydroxylation sites is 2. The second kappa shape index (κ2) is 9.46. The molecule has 4 aromatic rings. The minimum atomic E-state index is -0.747. The van der Waals surface area contributed by atoms with Gasteiger partial charge in [0.15, 0.2) is 0 Å². The molecule has 9 heteroatoms. The van der Waals surface area contributed by atoms with Gasteiger partial charge in [0, 0.05) is 17.1 Å². The fourth-order valence-electron chi connectivity index (χ4n) is 3.84. The molecule has 2 heterocycles. The van der Waals surface area contributed by atoms with E-state index in [4.69, 9.17) is 16.1 Å². The fourth-order valence-corrected chi connectivity index (χ4v) is 3.97. The average Bonchev–Trinajstić information content (AvgIpc) is 3.13. The Balaban J connectivity index is 1.58. The Morgan fingerprint density at radius 1 is 1.00 bits per heavy atom. The smallest absolute Gasteiger partial charge is 0.317 e. The molecule has 1 N–H and O–H groups in total. The quantitative estimate of drug-likeness (QED) is 0.422. The molecule has 0 fully saturated rings. The van der Waals surface area contributed by atoms with Gasteiger partial charge < -0.3 is 9.84 Å². The summed E-state index contributed by atoms with van der Waals surface area (Å²) in [6, 6.07) is 14.1. The summed E-state index contributed by atoms with van der Waals surface area (Å²) in [5.41, 5.74) is 2.21. The zero-order valence-corrected chi connectivity index (χ0v) is 19.1. The normalized spacial score (nSPS) is 11.1. The molecule has 170 valence electrons. The van der Waals surface area contributed by atoms with Gasteiger partial charge in [0.25, 0.3) is 0 Å². The van der Waals surface area contributed by atoms with Gasteiger partial charge in [-0.05, 0) is 50.1 Å². The molecule has 0 saturated carbocycles. The van der Waals surface area contributed by atoms with Gasteiger partial charge >= 0.3 is 11.1 Å². The predicted octanol–water partition coefficient (Wildman–Crippen LogP) is 2.83. The van der Waals surface area contributed by atoms with Crippen molar-refractivity contribution in [2.45, 2.75) is 33.4 Å². The third-order valence-corrected chi connectivity index (χ3v) is 5.82. The number of nitrogens with one attached hydrogen (secondary N) is 1. The number of carbonyl (C=O) groups is 1. The van der Waals surface area contributed by atoms with Crippen LogP contribution in [0.5, 0.6) is 0 Å². The second-order valence-corrected chi connectivity index (χ2v) is 8.24. The molecule has 2 aromatic heterocycles. The standard InChI is InChI=1S/C24H23ClN4O4/c1-15-19(16(2)33-27-15)11-12-26-22(30)14-29-21-6-4-3-5-20(21)28(23(31)24(29)32)13-17-7-9-18(25)10-8-17/h3-10H,11-14H2,1-2H3,(H,26,30). The summed E-state index contributed by atoms with van der Waals surface area (Å²) in [6.07, 6.45) is 0.561. The van der Waals surface area contributed by atoms with E-state index >= 15 is 0 Å². The molecule has 0 atom stereocenters. The van der Waals surface area contributed by atoms with E-state index in [1.807, 2.05) is 26.0 Å². The highest BCUT2D eigenvalue weighted by Crippen LogP contribution is 2.15. The van der Waals surface area contributed by atoms with Crippen LogP contribution in [0.15, 0.2) is 62.6 Å². The first-order chi connectivity index (χ1) is 15.8. The predicted molar refractivity (Wildman–Crippen MR) is 126 cm³/mol. The maximum Gasteiger partial charge on any atom is 0.317 e. The zero-order valence-electron chi connectivity index (χ0n) is 18.3. The SMILES string of the molecule is Cc1noc(C)c1CCNC(=O)Cn1c(=O)c(=O)n(Cc2ccc(Cl)cc2)c2ccccc21. The molecular weight excluding hydrogens is 444 g/mol. The summed E-state index contributed by atoms with van der Waals surface area (Å²) in [6.45, 7) is 4.00. The third-order valence-electron chi connectivity index (χ3n) is 5.57. The number of nitrogens with zero attached hydrogens (tertiary/aromatic N) is 3. The second-order valence-electron chi connectivity index (χ2n) is 7.80. The lowest BCUT2D eigenvalue weighted by atomic mass is 10.1. The Kier molecular flexibility index (Phi) is 6.46. The van der Waals surface area contributed by atoms with Crippen molar-refractivity contribution in [1.82, 2.24) is 19.6 Å². The minimum Gasteiger partial charge on any atom is -0.361 e. The van der Waals surface area contributed by atoms with Crippen LogP contribution in [0.2, 0.25) is 5.02 Å². The first kappa shape index (κ1) is 22.5. The molecule has 0 unspecified atom stereocenters. The number of amides is 1. The summed E-state index contributed by atoms with van der Waals surface area (Å²) in [5, 5.41) is 7.30. The summed E-state index contributed by atoms with van der Waals surface area (Å²) in [4.78, 5) is 38.5. The van der Waals surface area contributed by atoms with E-state index in [1.165, 1.54) is 9.13 Å². The molecule has 0 radical (unpaired) electrons. The number of halogens is 1. The number of aromatic nitrogens is 3. The molecular formula is C24H23ClN4O4. The average molecular weight is 467 g/mol. The largest absolute Gasteiger partial charge is 0.361 e. The van der Waals surface area contributed by atoms with Gasteiger partial charge in [0.05, 0.1) is 23.3 Å². The van der Waals surface area contributed by atoms with Crippen molar-refractivity contribution in [2.75, 3.05) is 6.54 Å². The molecule has 8 nitrogen and oxygen atoms in total. The van der Waals surface area contributed by atoms with Crippen LogP contribution >= 0.6 is 11.6 Å². The number of hydrogen-bond acceptors (Lipinski definition) is 5. The molecule has 0 aliphatic rings. The Morgan fingerprint density at radius 2 is 1.64 bits per heavy atom. The van der Waals surface area contributed by atoms with Gasteiger partial charge in [-0.1, -0.05) is 41.0 Å². The lowest BCUT2D eigenvalue weighted by Crippen LogP contribution is -2.44. The summed E-state index contributed by atoms with van der Waals surface area (Å²) in [5.74, 6) is 0.358. The zero-order chi connectivity index (χ0) is 23.5. The van der Waals surface area contributed by atoms with Gasteiger partial charge in [-0.15, -0.1) is 0 Å². The van der Waals surface area contributed by atoms with Crippen LogP contribution in [-0.4, -0.2) is 26.7 Å². The molecule has 0 aliphatic carbocycles. The van der Waals surface area contributed by atoms with Crippen molar-refractivity contribution in [3.63, 3.8) is 0 Å². The van der Waals surface area contributed by atoms with Crippen LogP contribution in [0.1, 0.15) is 22.6 Å². The van der Waals surface area contributed by atoms with Crippen molar-refractivity contribution < 1.29 is 9.32 Å². The van der Waals surface area contributed by atoms with E-state index in [2.05, 4.69) is 10.5 Å². The Bertz CT molecular complexity index is 1410. The first-order valence-corrected chi connectivity index (χ1v) is 10.9. The number of fused-ring (bicyclic) bond motifs is 1. The van der Waals surface area contributed by atoms with E-state index in [0.717, 1.165) is 16.8 Å². The van der Waals surface area contributed by atoms with E-state index in [1.54, 1.807) is 36.4 Å². The maximum atomic E-state index is 13.0. The van der Waals surface area contributed by atoms with E-state index in [-0.39, 0.29) is 19.0 Å². The van der Waals surface area contributed by atoms with Crippen LogP contribution < -0.4 is 16.4 Å². The summed E-state index contributed by atoms with van der Waals surface area (Å²) >= 11 is 5.95. The van der Waals surface area contributed by atoms with Crippen LogP contribution in [0.25, 0.3) is 11.0 Å². The van der Waals surface area contributed by atoms with E-state index in [9.17, 15) is 14.4 Å². The molecule has 1 amide bonds. The van der Waals surface area contributed by atoms with E-state index < -0.39 is 11.1 Å². The Morgan fingerprint density at radius 3 is 2.27 bits per heavy atom. The Hall–Kier alpha value is -3.65. The fraction of sp³-hybridized carbons (Fsp3) is 0.250. The van der Waals surface area contributed by atoms with Crippen LogP contribution in [-0.2, 0) is 24.3 Å². The summed E-state index contributed by atoms with van der Waals surface area (Å²) < 4.78 is 7.78.